The predicted octanol–water partition coefficient (Wildman–Crippen LogP) is 4.67. The Labute approximate surface area is 191 Å². The van der Waals surface area contributed by atoms with Crippen LogP contribution >= 0.6 is 33.9 Å². The number of hydrogen-bond acceptors (Lipinski definition) is 4. The molecular formula is C22H31IN4OS. The van der Waals surface area contributed by atoms with Crippen molar-refractivity contribution in [3.8, 4) is 0 Å². The summed E-state index contributed by atoms with van der Waals surface area (Å²) in [5.41, 5.74) is 7.62. The molecule has 3 N–H and O–H groups in total. The van der Waals surface area contributed by atoms with Gasteiger partial charge in [0.05, 0.1) is 2.88 Å². The van der Waals surface area contributed by atoms with E-state index in [1.807, 2.05) is 24.5 Å². The van der Waals surface area contributed by atoms with Crippen molar-refractivity contribution < 1.29 is 4.79 Å². The molecule has 0 spiro atoms. The third kappa shape index (κ3) is 5.11. The molecule has 2 amide bonds. The molecule has 0 bridgehead atoms. The number of hydrogen-bond donors (Lipinski definition) is 2. The highest BCUT2D eigenvalue weighted by Crippen LogP contribution is 2.44. The number of amides is 2. The second-order valence-electron chi connectivity index (χ2n) is 8.72. The monoisotopic (exact) mass is 526 g/mol. The van der Waals surface area contributed by atoms with Gasteiger partial charge >= 0.3 is 6.03 Å². The Morgan fingerprint density at radius 2 is 2.17 bits per heavy atom. The van der Waals surface area contributed by atoms with Crippen LogP contribution in [0.25, 0.3) is 0 Å². The number of likely N-dealkylation sites (tertiary alicyclic amines) is 1. The fourth-order valence-corrected chi connectivity index (χ4v) is 6.14. The number of thiophene rings is 1. The number of carbonyl (C=O) groups is 1. The third-order valence-electron chi connectivity index (χ3n) is 6.57. The van der Waals surface area contributed by atoms with Gasteiger partial charge in [0.1, 0.15) is 0 Å². The maximum atomic E-state index is 11.6. The molecule has 7 heteroatoms. The topological polar surface area (TPSA) is 71.2 Å². The van der Waals surface area contributed by atoms with Crippen LogP contribution in [0.15, 0.2) is 30.5 Å². The highest BCUT2D eigenvalue weighted by Gasteiger charge is 2.46. The zero-order valence-electron chi connectivity index (χ0n) is 17.7. The van der Waals surface area contributed by atoms with Gasteiger partial charge in [0, 0.05) is 40.3 Å². The average molecular weight is 526 g/mol. The summed E-state index contributed by atoms with van der Waals surface area (Å²) in [6.07, 6.45) is 5.09. The van der Waals surface area contributed by atoms with Gasteiger partial charge in [-0.15, -0.1) is 11.3 Å². The summed E-state index contributed by atoms with van der Waals surface area (Å²) in [6.45, 7) is 10.6. The van der Waals surface area contributed by atoms with Crippen molar-refractivity contribution in [1.29, 1.82) is 0 Å². The molecule has 3 rings (SSSR count). The van der Waals surface area contributed by atoms with Gasteiger partial charge in [0.25, 0.3) is 0 Å². The van der Waals surface area contributed by atoms with E-state index in [-0.39, 0.29) is 17.0 Å². The number of aromatic nitrogens is 1. The zero-order chi connectivity index (χ0) is 21.2. The fraction of sp³-hybridized carbons (Fsp3) is 0.545. The first kappa shape index (κ1) is 22.5. The Morgan fingerprint density at radius 1 is 1.41 bits per heavy atom. The highest BCUT2D eigenvalue weighted by molar-refractivity contribution is 14.1. The number of rotatable bonds is 7. The van der Waals surface area contributed by atoms with Crippen LogP contribution < -0.4 is 11.1 Å². The van der Waals surface area contributed by atoms with Crippen molar-refractivity contribution in [2.75, 3.05) is 13.1 Å². The third-order valence-corrected chi connectivity index (χ3v) is 8.52. The molecule has 2 aromatic heterocycles. The van der Waals surface area contributed by atoms with Gasteiger partial charge in [-0.25, -0.2) is 4.79 Å². The van der Waals surface area contributed by atoms with Gasteiger partial charge in [-0.3, -0.25) is 9.88 Å². The van der Waals surface area contributed by atoms with Crippen LogP contribution in [0.4, 0.5) is 4.79 Å². The first-order chi connectivity index (χ1) is 13.6. The number of nitrogens with two attached hydrogens (primary N) is 1. The Kier molecular flexibility index (Phi) is 6.90. The number of halogens is 1. The number of aryl methyl sites for hydroxylation is 2. The van der Waals surface area contributed by atoms with E-state index in [9.17, 15) is 4.79 Å². The molecule has 0 aromatic carbocycles. The lowest BCUT2D eigenvalue weighted by Gasteiger charge is -2.40. The van der Waals surface area contributed by atoms with Crippen molar-refractivity contribution in [1.82, 2.24) is 15.2 Å². The summed E-state index contributed by atoms with van der Waals surface area (Å²) in [6, 6.07) is 8.24. The normalized spacial score (nSPS) is 21.3. The minimum atomic E-state index is -0.442. The second kappa shape index (κ2) is 8.89. The number of pyridine rings is 1. The summed E-state index contributed by atoms with van der Waals surface area (Å²) in [5.74, 6) is 0. The molecule has 3 heterocycles. The van der Waals surface area contributed by atoms with Crippen molar-refractivity contribution in [3.05, 3.63) is 49.5 Å². The van der Waals surface area contributed by atoms with E-state index < -0.39 is 6.03 Å². The SMILES string of the molecule is Cc1ccc(C(C)(C)N2CCC(CCc3ccc(I)s3)([C@H](C)NC(N)=O)C2)cn1. The van der Waals surface area contributed by atoms with Crippen LogP contribution in [0.3, 0.4) is 0 Å². The molecule has 1 saturated heterocycles. The lowest BCUT2D eigenvalue weighted by Crippen LogP contribution is -2.50. The molecule has 158 valence electrons. The van der Waals surface area contributed by atoms with Crippen LogP contribution in [-0.2, 0) is 12.0 Å². The van der Waals surface area contributed by atoms with Gasteiger partial charge < -0.3 is 11.1 Å². The molecule has 2 aromatic rings. The van der Waals surface area contributed by atoms with E-state index in [1.54, 1.807) is 0 Å². The number of nitrogens with one attached hydrogen (secondary N) is 1. The van der Waals surface area contributed by atoms with E-state index in [1.165, 1.54) is 13.3 Å². The van der Waals surface area contributed by atoms with E-state index in [0.29, 0.717) is 0 Å². The summed E-state index contributed by atoms with van der Waals surface area (Å²) < 4.78 is 1.32. The number of urea groups is 1. The first-order valence-electron chi connectivity index (χ1n) is 10.1. The van der Waals surface area contributed by atoms with Crippen LogP contribution in [-0.4, -0.2) is 35.0 Å². The van der Waals surface area contributed by atoms with Crippen LogP contribution in [0.5, 0.6) is 0 Å². The van der Waals surface area contributed by atoms with E-state index in [4.69, 9.17) is 5.73 Å². The molecule has 1 fully saturated rings. The molecule has 5 nitrogen and oxygen atoms in total. The van der Waals surface area contributed by atoms with E-state index in [0.717, 1.165) is 38.0 Å². The lowest BCUT2D eigenvalue weighted by atomic mass is 9.75. The first-order valence-corrected chi connectivity index (χ1v) is 12.0. The summed E-state index contributed by atoms with van der Waals surface area (Å²) in [7, 11) is 0. The molecule has 0 aliphatic carbocycles. The molecule has 1 unspecified atom stereocenters. The van der Waals surface area contributed by atoms with Crippen molar-refractivity contribution in [2.45, 2.75) is 58.5 Å². The molecule has 1 aliphatic rings. The predicted molar refractivity (Wildman–Crippen MR) is 128 cm³/mol. The standard InChI is InChI=1S/C22H31IN4OS/c1-15-5-6-17(13-25-15)21(3,4)27-12-11-22(14-27,16(2)26-20(24)28)10-9-18-7-8-19(23)29-18/h5-8,13,16H,9-12,14H2,1-4H3,(H3,24,26,28)/t16-,22?/m0/s1. The Balaban J connectivity index is 1.81. The van der Waals surface area contributed by atoms with Crippen LogP contribution in [0, 0.1) is 15.2 Å². The quantitative estimate of drug-likeness (QED) is 0.515. The van der Waals surface area contributed by atoms with Crippen LogP contribution in [0.1, 0.15) is 49.7 Å². The Hall–Kier alpha value is -1.19. The minimum absolute atomic E-state index is 0.000147. The fourth-order valence-electron chi connectivity index (χ4n) is 4.38. The average Bonchev–Trinajstić information content (AvgIpc) is 3.27. The maximum absolute atomic E-state index is 11.6. The molecule has 1 aliphatic heterocycles. The zero-order valence-corrected chi connectivity index (χ0v) is 20.6. The van der Waals surface area contributed by atoms with Crippen molar-refractivity contribution >= 4 is 40.0 Å². The smallest absolute Gasteiger partial charge is 0.312 e. The molecule has 0 radical (unpaired) electrons. The van der Waals surface area contributed by atoms with E-state index >= 15 is 0 Å². The highest BCUT2D eigenvalue weighted by atomic mass is 127. The number of primary amides is 1. The van der Waals surface area contributed by atoms with E-state index in [2.05, 4.69) is 82.8 Å². The van der Waals surface area contributed by atoms with Crippen molar-refractivity contribution in [2.24, 2.45) is 11.1 Å². The Bertz CT molecular complexity index is 851. The molecule has 0 saturated carbocycles. The lowest BCUT2D eigenvalue weighted by molar-refractivity contribution is 0.113. The maximum Gasteiger partial charge on any atom is 0.312 e. The van der Waals surface area contributed by atoms with Gasteiger partial charge in [0.2, 0.25) is 0 Å². The van der Waals surface area contributed by atoms with Gasteiger partial charge in [-0.1, -0.05) is 6.07 Å². The summed E-state index contributed by atoms with van der Waals surface area (Å²) in [5, 5.41) is 2.99. The summed E-state index contributed by atoms with van der Waals surface area (Å²) in [4.78, 5) is 20.1. The molecule has 2 atom stereocenters. The van der Waals surface area contributed by atoms with Gasteiger partial charge in [-0.05, 0) is 99.9 Å². The number of nitrogens with zero attached hydrogens (tertiary/aromatic N) is 2. The Morgan fingerprint density at radius 3 is 2.76 bits per heavy atom. The minimum Gasteiger partial charge on any atom is -0.352 e. The summed E-state index contributed by atoms with van der Waals surface area (Å²) >= 11 is 4.23. The second-order valence-corrected chi connectivity index (χ2v) is 11.8. The number of carbonyl (C=O) groups excluding carboxylic acids is 1. The van der Waals surface area contributed by atoms with Crippen LogP contribution in [0.2, 0.25) is 0 Å². The van der Waals surface area contributed by atoms with Crippen molar-refractivity contribution in [3.63, 3.8) is 0 Å². The van der Waals surface area contributed by atoms with Gasteiger partial charge in [0.15, 0.2) is 0 Å². The largest absolute Gasteiger partial charge is 0.352 e. The molecular weight excluding hydrogens is 495 g/mol. The van der Waals surface area contributed by atoms with Gasteiger partial charge in [-0.2, -0.15) is 0 Å². The molecule has 29 heavy (non-hydrogen) atoms.